The summed E-state index contributed by atoms with van der Waals surface area (Å²) in [5.74, 6) is 0.551. The molecule has 0 saturated heterocycles. The summed E-state index contributed by atoms with van der Waals surface area (Å²) in [5.41, 5.74) is 8.18. The van der Waals surface area contributed by atoms with Gasteiger partial charge in [-0.2, -0.15) is 0 Å². The van der Waals surface area contributed by atoms with Crippen LogP contribution >= 0.6 is 0 Å². The largest absolute Gasteiger partial charge is 0.370 e. The Morgan fingerprint density at radius 3 is 3.00 bits per heavy atom. The zero-order chi connectivity index (χ0) is 14.5. The minimum absolute atomic E-state index is 0.506. The van der Waals surface area contributed by atoms with Gasteiger partial charge in [-0.3, -0.25) is 0 Å². The fourth-order valence-corrected chi connectivity index (χ4v) is 2.73. The smallest absolute Gasteiger partial charge is 0.189 e. The molecule has 1 aliphatic carbocycles. The molecule has 1 saturated carbocycles. The van der Waals surface area contributed by atoms with Gasteiger partial charge in [0, 0.05) is 24.1 Å². The first-order valence-corrected chi connectivity index (χ1v) is 7.45. The number of hydrogen-bond donors (Lipinski definition) is 2. The van der Waals surface area contributed by atoms with E-state index < -0.39 is 0 Å². The molecule has 5 nitrogen and oxygen atoms in total. The van der Waals surface area contributed by atoms with Crippen LogP contribution in [0.2, 0.25) is 0 Å². The molecule has 1 aliphatic rings. The highest BCUT2D eigenvalue weighted by Gasteiger charge is 2.14. The molecule has 5 heteroatoms. The van der Waals surface area contributed by atoms with E-state index in [1.54, 1.807) is 12.5 Å². The summed E-state index contributed by atoms with van der Waals surface area (Å²) < 4.78 is 1.98. The van der Waals surface area contributed by atoms with Gasteiger partial charge in [-0.1, -0.05) is 25.0 Å². The van der Waals surface area contributed by atoms with Crippen LogP contribution in [0.15, 0.2) is 48.0 Å². The number of imidazole rings is 1. The summed E-state index contributed by atoms with van der Waals surface area (Å²) in [6, 6.07) is 8.75. The molecule has 21 heavy (non-hydrogen) atoms. The molecule has 3 rings (SSSR count). The maximum absolute atomic E-state index is 5.96. The third kappa shape index (κ3) is 3.62. The Kier molecular flexibility index (Phi) is 4.19. The van der Waals surface area contributed by atoms with Crippen LogP contribution in [0.5, 0.6) is 0 Å². The fraction of sp³-hybridized carbons (Fsp3) is 0.375. The van der Waals surface area contributed by atoms with Crippen molar-refractivity contribution in [1.82, 2.24) is 14.9 Å². The van der Waals surface area contributed by atoms with Crippen LogP contribution in [0.4, 0.5) is 0 Å². The number of guanidine groups is 1. The highest BCUT2D eigenvalue weighted by atomic mass is 15.1. The topological polar surface area (TPSA) is 68.2 Å². The molecule has 0 amide bonds. The predicted molar refractivity (Wildman–Crippen MR) is 84.3 cm³/mol. The maximum atomic E-state index is 5.96. The Morgan fingerprint density at radius 2 is 2.24 bits per heavy atom. The van der Waals surface area contributed by atoms with E-state index in [1.165, 1.54) is 25.7 Å². The third-order valence-electron chi connectivity index (χ3n) is 3.85. The molecule has 2 aromatic rings. The van der Waals surface area contributed by atoms with Crippen LogP contribution in [0, 0.1) is 0 Å². The lowest BCUT2D eigenvalue weighted by atomic mass is 10.2. The minimum Gasteiger partial charge on any atom is -0.370 e. The summed E-state index contributed by atoms with van der Waals surface area (Å²) in [6.07, 6.45) is 10.5. The lowest BCUT2D eigenvalue weighted by Gasteiger charge is -2.12. The van der Waals surface area contributed by atoms with E-state index in [0.717, 1.165) is 11.3 Å². The second kappa shape index (κ2) is 6.43. The van der Waals surface area contributed by atoms with Crippen molar-refractivity contribution in [2.45, 2.75) is 38.3 Å². The molecule has 1 heterocycles. The third-order valence-corrected chi connectivity index (χ3v) is 3.85. The molecule has 0 atom stereocenters. The van der Waals surface area contributed by atoms with E-state index in [1.807, 2.05) is 16.8 Å². The molecule has 0 radical (unpaired) electrons. The van der Waals surface area contributed by atoms with Crippen molar-refractivity contribution in [3.8, 4) is 5.69 Å². The SMILES string of the molecule is NC(=NCc1cccc(-n2ccnc2)c1)NC1CCCC1. The number of nitrogens with zero attached hydrogens (tertiary/aromatic N) is 3. The molecular formula is C16H21N5. The van der Waals surface area contributed by atoms with Gasteiger partial charge in [0.2, 0.25) is 0 Å². The number of benzene rings is 1. The van der Waals surface area contributed by atoms with Crippen molar-refractivity contribution in [3.63, 3.8) is 0 Å². The number of hydrogen-bond acceptors (Lipinski definition) is 2. The van der Waals surface area contributed by atoms with Gasteiger partial charge in [0.05, 0.1) is 12.9 Å². The zero-order valence-corrected chi connectivity index (χ0v) is 12.1. The Balaban J connectivity index is 1.63. The number of nitrogens with two attached hydrogens (primary N) is 1. The molecule has 1 aromatic carbocycles. The minimum atomic E-state index is 0.506. The first-order valence-electron chi connectivity index (χ1n) is 7.45. The zero-order valence-electron chi connectivity index (χ0n) is 12.1. The van der Waals surface area contributed by atoms with Crippen molar-refractivity contribution >= 4 is 5.96 Å². The van der Waals surface area contributed by atoms with E-state index in [-0.39, 0.29) is 0 Å². The Labute approximate surface area is 124 Å². The van der Waals surface area contributed by atoms with E-state index in [2.05, 4.69) is 33.5 Å². The lowest BCUT2D eigenvalue weighted by Crippen LogP contribution is -2.38. The van der Waals surface area contributed by atoms with Gasteiger partial charge in [-0.15, -0.1) is 0 Å². The summed E-state index contributed by atoms with van der Waals surface area (Å²) in [7, 11) is 0. The molecular weight excluding hydrogens is 262 g/mol. The van der Waals surface area contributed by atoms with Crippen molar-refractivity contribution in [2.75, 3.05) is 0 Å². The van der Waals surface area contributed by atoms with Gasteiger partial charge in [0.1, 0.15) is 0 Å². The first kappa shape index (κ1) is 13.7. The van der Waals surface area contributed by atoms with Crippen molar-refractivity contribution in [3.05, 3.63) is 48.5 Å². The molecule has 0 spiro atoms. The maximum Gasteiger partial charge on any atom is 0.189 e. The van der Waals surface area contributed by atoms with Crippen LogP contribution in [0.25, 0.3) is 5.69 Å². The van der Waals surface area contributed by atoms with Crippen molar-refractivity contribution < 1.29 is 0 Å². The van der Waals surface area contributed by atoms with Gasteiger partial charge in [0.15, 0.2) is 5.96 Å². The molecule has 0 bridgehead atoms. The van der Waals surface area contributed by atoms with Gasteiger partial charge < -0.3 is 15.6 Å². The number of rotatable bonds is 4. The van der Waals surface area contributed by atoms with Crippen molar-refractivity contribution in [1.29, 1.82) is 0 Å². The van der Waals surface area contributed by atoms with Crippen LogP contribution in [-0.2, 0) is 6.54 Å². The fourth-order valence-electron chi connectivity index (χ4n) is 2.73. The highest BCUT2D eigenvalue weighted by molar-refractivity contribution is 5.78. The number of aromatic nitrogens is 2. The quantitative estimate of drug-likeness (QED) is 0.668. The Bertz CT molecular complexity index is 597. The van der Waals surface area contributed by atoms with Crippen molar-refractivity contribution in [2.24, 2.45) is 10.7 Å². The van der Waals surface area contributed by atoms with E-state index in [9.17, 15) is 0 Å². The molecule has 0 unspecified atom stereocenters. The number of nitrogens with one attached hydrogen (secondary N) is 1. The predicted octanol–water partition coefficient (Wildman–Crippen LogP) is 2.22. The summed E-state index contributed by atoms with van der Waals surface area (Å²) in [5, 5.41) is 3.30. The molecule has 1 fully saturated rings. The van der Waals surface area contributed by atoms with Crippen LogP contribution in [-0.4, -0.2) is 21.6 Å². The van der Waals surface area contributed by atoms with Crippen LogP contribution in [0.1, 0.15) is 31.2 Å². The van der Waals surface area contributed by atoms with E-state index in [0.29, 0.717) is 18.5 Å². The average molecular weight is 283 g/mol. The van der Waals surface area contributed by atoms with E-state index >= 15 is 0 Å². The lowest BCUT2D eigenvalue weighted by molar-refractivity contribution is 0.625. The Morgan fingerprint density at radius 1 is 1.38 bits per heavy atom. The standard InChI is InChI=1S/C16H21N5/c17-16(20-14-5-1-2-6-14)19-11-13-4-3-7-15(10-13)21-9-8-18-12-21/h3-4,7-10,12,14H,1-2,5-6,11H2,(H3,17,19,20). The Hall–Kier alpha value is -2.30. The first-order chi connectivity index (χ1) is 10.3. The summed E-state index contributed by atoms with van der Waals surface area (Å²) in [6.45, 7) is 0.591. The normalized spacial score (nSPS) is 16.3. The van der Waals surface area contributed by atoms with Crippen LogP contribution < -0.4 is 11.1 Å². The average Bonchev–Trinajstić information content (AvgIpc) is 3.19. The molecule has 1 aromatic heterocycles. The summed E-state index contributed by atoms with van der Waals surface area (Å²) >= 11 is 0. The number of aliphatic imine (C=N–C) groups is 1. The highest BCUT2D eigenvalue weighted by Crippen LogP contribution is 2.17. The van der Waals surface area contributed by atoms with Gasteiger partial charge in [-0.25, -0.2) is 9.98 Å². The van der Waals surface area contributed by atoms with Crippen LogP contribution in [0.3, 0.4) is 0 Å². The van der Waals surface area contributed by atoms with Gasteiger partial charge in [-0.05, 0) is 30.5 Å². The van der Waals surface area contributed by atoms with Gasteiger partial charge in [0.25, 0.3) is 0 Å². The van der Waals surface area contributed by atoms with E-state index in [4.69, 9.17) is 5.73 Å². The second-order valence-electron chi connectivity index (χ2n) is 5.47. The molecule has 0 aliphatic heterocycles. The monoisotopic (exact) mass is 283 g/mol. The second-order valence-corrected chi connectivity index (χ2v) is 5.47. The molecule has 3 N–H and O–H groups in total. The summed E-state index contributed by atoms with van der Waals surface area (Å²) in [4.78, 5) is 8.50. The molecule has 110 valence electrons. The van der Waals surface area contributed by atoms with Gasteiger partial charge >= 0.3 is 0 Å².